The zero-order valence-electron chi connectivity index (χ0n) is 14.2. The van der Waals surface area contributed by atoms with Gasteiger partial charge in [-0.3, -0.25) is 4.79 Å². The number of ether oxygens (including phenoxy) is 1. The number of benzene rings is 1. The first kappa shape index (κ1) is 16.9. The number of aromatic nitrogens is 2. The summed E-state index contributed by atoms with van der Waals surface area (Å²) < 4.78 is 5.37. The average Bonchev–Trinajstić information content (AvgIpc) is 3.04. The van der Waals surface area contributed by atoms with Gasteiger partial charge in [0.1, 0.15) is 11.5 Å². The number of halogens is 1. The second-order valence-corrected chi connectivity index (χ2v) is 6.54. The second-order valence-electron chi connectivity index (χ2n) is 6.16. The van der Waals surface area contributed by atoms with Gasteiger partial charge in [-0.15, -0.1) is 0 Å². The Bertz CT molecular complexity index is 934. The third-order valence-electron chi connectivity index (χ3n) is 4.47. The Labute approximate surface area is 156 Å². The maximum atomic E-state index is 12.5. The predicted molar refractivity (Wildman–Crippen MR) is 102 cm³/mol. The third-order valence-corrected chi connectivity index (χ3v) is 4.86. The van der Waals surface area contributed by atoms with Crippen LogP contribution in [0.15, 0.2) is 42.6 Å². The molecule has 4 rings (SSSR count). The maximum absolute atomic E-state index is 12.5. The first-order valence-corrected chi connectivity index (χ1v) is 8.92. The van der Waals surface area contributed by atoms with Crippen molar-refractivity contribution in [2.24, 2.45) is 0 Å². The second kappa shape index (κ2) is 7.35. The van der Waals surface area contributed by atoms with Crippen LogP contribution in [0.3, 0.4) is 0 Å². The summed E-state index contributed by atoms with van der Waals surface area (Å²) in [6.07, 6.45) is 1.77. The Morgan fingerprint density at radius 1 is 1.27 bits per heavy atom. The topological polar surface area (TPSA) is 70.2 Å². The number of morpholine rings is 1. The number of para-hydroxylation sites is 1. The average molecular weight is 371 g/mol. The van der Waals surface area contributed by atoms with Gasteiger partial charge >= 0.3 is 0 Å². The van der Waals surface area contributed by atoms with Crippen LogP contribution >= 0.6 is 11.6 Å². The molecule has 1 saturated heterocycles. The number of hydrogen-bond acceptors (Lipinski definition) is 4. The van der Waals surface area contributed by atoms with Gasteiger partial charge in [-0.05, 0) is 23.8 Å². The minimum absolute atomic E-state index is 0.226. The molecule has 0 bridgehead atoms. The zero-order valence-corrected chi connectivity index (χ0v) is 14.9. The summed E-state index contributed by atoms with van der Waals surface area (Å²) >= 11 is 6.34. The molecular formula is C19H19ClN4O2. The number of nitrogens with zero attached hydrogens (tertiary/aromatic N) is 2. The number of amides is 1. The number of aromatic amines is 1. The van der Waals surface area contributed by atoms with Gasteiger partial charge in [-0.1, -0.05) is 29.8 Å². The number of fused-ring (bicyclic) bond motifs is 1. The van der Waals surface area contributed by atoms with Crippen LogP contribution in [0.2, 0.25) is 5.02 Å². The molecule has 2 aromatic heterocycles. The van der Waals surface area contributed by atoms with E-state index < -0.39 is 0 Å². The van der Waals surface area contributed by atoms with Gasteiger partial charge in [0.2, 0.25) is 0 Å². The molecule has 6 nitrogen and oxygen atoms in total. The van der Waals surface area contributed by atoms with Crippen LogP contribution in [-0.4, -0.2) is 42.2 Å². The van der Waals surface area contributed by atoms with Crippen molar-refractivity contribution in [3.8, 4) is 0 Å². The van der Waals surface area contributed by atoms with E-state index in [-0.39, 0.29) is 5.91 Å². The van der Waals surface area contributed by atoms with E-state index in [1.165, 1.54) is 0 Å². The predicted octanol–water partition coefficient (Wildman–Crippen LogP) is 2.98. The fraction of sp³-hybridized carbons (Fsp3) is 0.263. The monoisotopic (exact) mass is 370 g/mol. The molecule has 0 spiro atoms. The van der Waals surface area contributed by atoms with Crippen LogP contribution in [0.5, 0.6) is 0 Å². The highest BCUT2D eigenvalue weighted by Gasteiger charge is 2.16. The van der Waals surface area contributed by atoms with Gasteiger partial charge in [-0.2, -0.15) is 0 Å². The van der Waals surface area contributed by atoms with E-state index in [1.807, 2.05) is 36.4 Å². The van der Waals surface area contributed by atoms with Crippen molar-refractivity contribution >= 4 is 34.2 Å². The molecule has 26 heavy (non-hydrogen) atoms. The summed E-state index contributed by atoms with van der Waals surface area (Å²) in [5.74, 6) is 0.680. The summed E-state index contributed by atoms with van der Waals surface area (Å²) in [6, 6.07) is 11.5. The highest BCUT2D eigenvalue weighted by molar-refractivity contribution is 6.38. The molecule has 2 N–H and O–H groups in total. The molecular weight excluding hydrogens is 352 g/mol. The molecule has 0 saturated carbocycles. The Kier molecular flexibility index (Phi) is 4.77. The van der Waals surface area contributed by atoms with E-state index in [1.54, 1.807) is 6.20 Å². The molecule has 1 amide bonds. The molecule has 1 aliphatic heterocycles. The first-order chi connectivity index (χ1) is 12.7. The lowest BCUT2D eigenvalue weighted by Crippen LogP contribution is -2.36. The summed E-state index contributed by atoms with van der Waals surface area (Å²) in [4.78, 5) is 22.2. The number of carbonyl (C=O) groups is 1. The summed E-state index contributed by atoms with van der Waals surface area (Å²) in [5.41, 5.74) is 2.22. The van der Waals surface area contributed by atoms with Crippen molar-refractivity contribution in [1.82, 2.24) is 15.3 Å². The largest absolute Gasteiger partial charge is 0.378 e. The molecule has 0 aliphatic carbocycles. The molecule has 0 unspecified atom stereocenters. The lowest BCUT2D eigenvalue weighted by Gasteiger charge is -2.28. The fourth-order valence-corrected chi connectivity index (χ4v) is 3.37. The molecule has 0 radical (unpaired) electrons. The van der Waals surface area contributed by atoms with E-state index in [9.17, 15) is 4.79 Å². The first-order valence-electron chi connectivity index (χ1n) is 8.54. The molecule has 3 heterocycles. The van der Waals surface area contributed by atoms with Crippen LogP contribution in [0.1, 0.15) is 16.1 Å². The highest BCUT2D eigenvalue weighted by atomic mass is 35.5. The number of carbonyl (C=O) groups excluding carboxylic acids is 1. The Hall–Kier alpha value is -2.57. The van der Waals surface area contributed by atoms with Gasteiger partial charge in [0.25, 0.3) is 5.91 Å². The van der Waals surface area contributed by atoms with Crippen molar-refractivity contribution in [2.45, 2.75) is 6.54 Å². The van der Waals surface area contributed by atoms with E-state index in [2.05, 4.69) is 20.2 Å². The summed E-state index contributed by atoms with van der Waals surface area (Å²) in [7, 11) is 0. The number of nitrogens with one attached hydrogen (secondary N) is 2. The van der Waals surface area contributed by atoms with Crippen LogP contribution in [0.4, 0.5) is 5.82 Å². The minimum Gasteiger partial charge on any atom is -0.378 e. The fourth-order valence-electron chi connectivity index (χ4n) is 3.07. The quantitative estimate of drug-likeness (QED) is 0.740. The van der Waals surface area contributed by atoms with Crippen LogP contribution < -0.4 is 10.2 Å². The van der Waals surface area contributed by atoms with Gasteiger partial charge < -0.3 is 19.9 Å². The zero-order chi connectivity index (χ0) is 17.9. The van der Waals surface area contributed by atoms with E-state index in [0.717, 1.165) is 35.4 Å². The van der Waals surface area contributed by atoms with Crippen LogP contribution in [-0.2, 0) is 11.3 Å². The Balaban J connectivity index is 1.46. The number of pyridine rings is 1. The van der Waals surface area contributed by atoms with E-state index >= 15 is 0 Å². The van der Waals surface area contributed by atoms with Gasteiger partial charge in [-0.25, -0.2) is 4.98 Å². The Morgan fingerprint density at radius 3 is 2.88 bits per heavy atom. The number of hydrogen-bond donors (Lipinski definition) is 2. The van der Waals surface area contributed by atoms with Crippen molar-refractivity contribution in [2.75, 3.05) is 31.2 Å². The number of anilines is 1. The van der Waals surface area contributed by atoms with Gasteiger partial charge in [0, 0.05) is 36.7 Å². The molecule has 1 fully saturated rings. The Morgan fingerprint density at radius 2 is 2.08 bits per heavy atom. The van der Waals surface area contributed by atoms with E-state index in [4.69, 9.17) is 16.3 Å². The number of H-pyrrole nitrogens is 1. The molecule has 7 heteroatoms. The lowest BCUT2D eigenvalue weighted by atomic mass is 10.2. The maximum Gasteiger partial charge on any atom is 0.269 e. The van der Waals surface area contributed by atoms with Crippen molar-refractivity contribution in [1.29, 1.82) is 0 Å². The minimum atomic E-state index is -0.226. The standard InChI is InChI=1S/C19H19ClN4O2/c20-17-14-3-1-2-4-15(14)23-18(17)19(25)22-12-13-5-6-21-16(11-13)24-7-9-26-10-8-24/h1-6,11,23H,7-10,12H2,(H,22,25). The molecule has 1 aliphatic rings. The van der Waals surface area contributed by atoms with E-state index in [0.29, 0.717) is 30.5 Å². The van der Waals surface area contributed by atoms with Gasteiger partial charge in [0.15, 0.2) is 0 Å². The highest BCUT2D eigenvalue weighted by Crippen LogP contribution is 2.27. The smallest absolute Gasteiger partial charge is 0.269 e. The van der Waals surface area contributed by atoms with Crippen molar-refractivity contribution in [3.63, 3.8) is 0 Å². The van der Waals surface area contributed by atoms with Crippen molar-refractivity contribution < 1.29 is 9.53 Å². The summed E-state index contributed by atoms with van der Waals surface area (Å²) in [5, 5.41) is 4.21. The van der Waals surface area contributed by atoms with Crippen LogP contribution in [0.25, 0.3) is 10.9 Å². The normalized spacial score (nSPS) is 14.6. The number of rotatable bonds is 4. The molecule has 134 valence electrons. The molecule has 0 atom stereocenters. The van der Waals surface area contributed by atoms with Crippen molar-refractivity contribution in [3.05, 3.63) is 58.9 Å². The van der Waals surface area contributed by atoms with Gasteiger partial charge in [0.05, 0.1) is 18.2 Å². The third kappa shape index (κ3) is 3.38. The molecule has 3 aromatic rings. The lowest BCUT2D eigenvalue weighted by molar-refractivity contribution is 0.0947. The summed E-state index contributed by atoms with van der Waals surface area (Å²) in [6.45, 7) is 3.48. The molecule has 1 aromatic carbocycles. The SMILES string of the molecule is O=C(NCc1ccnc(N2CCOCC2)c1)c1[nH]c2ccccc2c1Cl. The van der Waals surface area contributed by atoms with Crippen LogP contribution in [0, 0.1) is 0 Å².